The van der Waals surface area contributed by atoms with Crippen LogP contribution in [0.4, 0.5) is 0 Å². The number of hydrogen-bond acceptors (Lipinski definition) is 5. The number of thioether (sulfide) groups is 1. The molecule has 4 rings (SSSR count). The summed E-state index contributed by atoms with van der Waals surface area (Å²) in [6.45, 7) is 2.02. The highest BCUT2D eigenvalue weighted by Crippen LogP contribution is 2.33. The average Bonchev–Trinajstić information content (AvgIpc) is 3.35. The normalized spacial score (nSPS) is 10.8. The van der Waals surface area contributed by atoms with Crippen LogP contribution in [0.25, 0.3) is 28.0 Å². The smallest absolute Gasteiger partial charge is 0.231 e. The van der Waals surface area contributed by atoms with E-state index in [-0.39, 0.29) is 18.2 Å². The standard InChI is InChI=1S/C21H18N6OS/c1-14-6-2-5-9-18(14)27-20(16-12-24-17-8-4-3-7-15(16)17)25-26-21(27)29-13-19(28)23-11-10-22/h2-9,12,24H,11,13H2,1H3,(H,23,28). The summed E-state index contributed by atoms with van der Waals surface area (Å²) in [5, 5.41) is 21.7. The highest BCUT2D eigenvalue weighted by atomic mass is 32.2. The van der Waals surface area contributed by atoms with Crippen molar-refractivity contribution < 1.29 is 4.79 Å². The molecule has 0 fully saturated rings. The number of aromatic amines is 1. The second kappa shape index (κ2) is 8.20. The number of H-pyrrole nitrogens is 1. The molecule has 29 heavy (non-hydrogen) atoms. The van der Waals surface area contributed by atoms with Gasteiger partial charge in [-0.15, -0.1) is 10.2 Å². The van der Waals surface area contributed by atoms with Crippen LogP contribution in [-0.2, 0) is 4.79 Å². The summed E-state index contributed by atoms with van der Waals surface area (Å²) >= 11 is 1.29. The first-order valence-corrected chi connectivity index (χ1v) is 10.0. The molecule has 0 saturated carbocycles. The zero-order valence-electron chi connectivity index (χ0n) is 15.7. The van der Waals surface area contributed by atoms with E-state index in [2.05, 4.69) is 20.5 Å². The van der Waals surface area contributed by atoms with Gasteiger partial charge in [0.2, 0.25) is 5.91 Å². The first-order chi connectivity index (χ1) is 14.2. The molecule has 0 atom stereocenters. The van der Waals surface area contributed by atoms with Gasteiger partial charge in [0.15, 0.2) is 11.0 Å². The zero-order valence-corrected chi connectivity index (χ0v) is 16.5. The van der Waals surface area contributed by atoms with E-state index < -0.39 is 0 Å². The first-order valence-electron chi connectivity index (χ1n) is 9.03. The van der Waals surface area contributed by atoms with Crippen LogP contribution in [0, 0.1) is 18.3 Å². The topological polar surface area (TPSA) is 99.4 Å². The van der Waals surface area contributed by atoms with Crippen molar-refractivity contribution in [3.8, 4) is 23.1 Å². The summed E-state index contributed by atoms with van der Waals surface area (Å²) in [5.41, 5.74) is 3.99. The molecule has 144 valence electrons. The van der Waals surface area contributed by atoms with E-state index in [1.807, 2.05) is 72.3 Å². The molecule has 2 N–H and O–H groups in total. The third-order valence-corrected chi connectivity index (χ3v) is 5.45. The minimum absolute atomic E-state index is 0.00946. The summed E-state index contributed by atoms with van der Waals surface area (Å²) in [4.78, 5) is 15.2. The Kier molecular flexibility index (Phi) is 5.31. The van der Waals surface area contributed by atoms with E-state index in [1.165, 1.54) is 11.8 Å². The van der Waals surface area contributed by atoms with Crippen LogP contribution in [0.5, 0.6) is 0 Å². The van der Waals surface area contributed by atoms with E-state index >= 15 is 0 Å². The van der Waals surface area contributed by atoms with Gasteiger partial charge in [-0.2, -0.15) is 5.26 Å². The Morgan fingerprint density at radius 1 is 1.21 bits per heavy atom. The van der Waals surface area contributed by atoms with E-state index in [0.29, 0.717) is 11.0 Å². The van der Waals surface area contributed by atoms with Crippen molar-refractivity contribution in [1.29, 1.82) is 5.26 Å². The molecule has 0 radical (unpaired) electrons. The molecule has 0 spiro atoms. The predicted octanol–water partition coefficient (Wildman–Crippen LogP) is 3.46. The van der Waals surface area contributed by atoms with Gasteiger partial charge in [0, 0.05) is 22.7 Å². The average molecular weight is 402 g/mol. The van der Waals surface area contributed by atoms with E-state index in [1.54, 1.807) is 0 Å². The first kappa shape index (κ1) is 18.8. The number of nitrogens with zero attached hydrogens (tertiary/aromatic N) is 4. The fourth-order valence-electron chi connectivity index (χ4n) is 3.15. The Labute approximate surface area is 171 Å². The van der Waals surface area contributed by atoms with Crippen LogP contribution in [0.15, 0.2) is 59.9 Å². The number of para-hydroxylation sites is 2. The van der Waals surface area contributed by atoms with Crippen LogP contribution in [0.3, 0.4) is 0 Å². The Morgan fingerprint density at radius 3 is 2.83 bits per heavy atom. The number of nitriles is 1. The lowest BCUT2D eigenvalue weighted by Crippen LogP contribution is -2.25. The van der Waals surface area contributed by atoms with Gasteiger partial charge < -0.3 is 10.3 Å². The van der Waals surface area contributed by atoms with Crippen molar-refractivity contribution in [1.82, 2.24) is 25.1 Å². The molecule has 4 aromatic rings. The second-order valence-electron chi connectivity index (χ2n) is 6.40. The summed E-state index contributed by atoms with van der Waals surface area (Å²) in [6, 6.07) is 17.9. The Morgan fingerprint density at radius 2 is 2.00 bits per heavy atom. The minimum atomic E-state index is -0.218. The maximum absolute atomic E-state index is 12.0. The van der Waals surface area contributed by atoms with Crippen molar-refractivity contribution in [2.75, 3.05) is 12.3 Å². The molecule has 8 heteroatoms. The van der Waals surface area contributed by atoms with Gasteiger partial charge in [-0.1, -0.05) is 48.2 Å². The lowest BCUT2D eigenvalue weighted by molar-refractivity contribution is -0.118. The van der Waals surface area contributed by atoms with Gasteiger partial charge in [-0.05, 0) is 24.6 Å². The molecule has 0 aliphatic carbocycles. The highest BCUT2D eigenvalue weighted by Gasteiger charge is 2.20. The SMILES string of the molecule is Cc1ccccc1-n1c(SCC(=O)NCC#N)nnc1-c1c[nH]c2ccccc12. The van der Waals surface area contributed by atoms with Crippen LogP contribution in [-0.4, -0.2) is 38.0 Å². The van der Waals surface area contributed by atoms with Crippen molar-refractivity contribution in [3.63, 3.8) is 0 Å². The van der Waals surface area contributed by atoms with Gasteiger partial charge >= 0.3 is 0 Å². The third kappa shape index (κ3) is 3.73. The number of aromatic nitrogens is 4. The quantitative estimate of drug-likeness (QED) is 0.380. The lowest BCUT2D eigenvalue weighted by atomic mass is 10.1. The number of rotatable bonds is 6. The van der Waals surface area contributed by atoms with Crippen LogP contribution < -0.4 is 5.32 Å². The van der Waals surface area contributed by atoms with Gasteiger partial charge in [-0.3, -0.25) is 9.36 Å². The molecule has 0 aliphatic heterocycles. The van der Waals surface area contributed by atoms with Crippen LogP contribution in [0.1, 0.15) is 5.56 Å². The van der Waals surface area contributed by atoms with E-state index in [9.17, 15) is 4.79 Å². The maximum Gasteiger partial charge on any atom is 0.231 e. The van der Waals surface area contributed by atoms with Crippen LogP contribution in [0.2, 0.25) is 0 Å². The minimum Gasteiger partial charge on any atom is -0.360 e. The molecule has 0 aliphatic rings. The lowest BCUT2D eigenvalue weighted by Gasteiger charge is -2.12. The summed E-state index contributed by atoms with van der Waals surface area (Å²) in [5.74, 6) is 0.640. The molecular weight excluding hydrogens is 384 g/mol. The Bertz CT molecular complexity index is 1220. The Hall–Kier alpha value is -3.57. The zero-order chi connectivity index (χ0) is 20.2. The number of hydrogen-bond donors (Lipinski definition) is 2. The molecule has 2 heterocycles. The van der Waals surface area contributed by atoms with Crippen LogP contribution >= 0.6 is 11.8 Å². The summed E-state index contributed by atoms with van der Waals surface area (Å²) in [6.07, 6.45) is 1.93. The molecule has 2 aromatic heterocycles. The summed E-state index contributed by atoms with van der Waals surface area (Å²) < 4.78 is 1.98. The summed E-state index contributed by atoms with van der Waals surface area (Å²) in [7, 11) is 0. The van der Waals surface area contributed by atoms with E-state index in [0.717, 1.165) is 27.7 Å². The van der Waals surface area contributed by atoms with Crippen molar-refractivity contribution >= 4 is 28.6 Å². The molecule has 0 bridgehead atoms. The number of fused-ring (bicyclic) bond motifs is 1. The number of nitrogens with one attached hydrogen (secondary N) is 2. The van der Waals surface area contributed by atoms with Crippen molar-refractivity contribution in [2.24, 2.45) is 0 Å². The highest BCUT2D eigenvalue weighted by molar-refractivity contribution is 7.99. The van der Waals surface area contributed by atoms with Crippen molar-refractivity contribution in [2.45, 2.75) is 12.1 Å². The third-order valence-electron chi connectivity index (χ3n) is 4.52. The molecule has 7 nitrogen and oxygen atoms in total. The number of amides is 1. The van der Waals surface area contributed by atoms with Gasteiger partial charge in [0.1, 0.15) is 6.54 Å². The largest absolute Gasteiger partial charge is 0.360 e. The predicted molar refractivity (Wildman–Crippen MR) is 113 cm³/mol. The number of benzene rings is 2. The fraction of sp³-hybridized carbons (Fsp3) is 0.143. The fourth-order valence-corrected chi connectivity index (χ4v) is 3.92. The van der Waals surface area contributed by atoms with Gasteiger partial charge in [0.05, 0.1) is 17.5 Å². The van der Waals surface area contributed by atoms with Gasteiger partial charge in [-0.25, -0.2) is 0 Å². The molecule has 1 amide bonds. The Balaban J connectivity index is 1.78. The van der Waals surface area contributed by atoms with Gasteiger partial charge in [0.25, 0.3) is 0 Å². The molecule has 0 unspecified atom stereocenters. The molecule has 2 aromatic carbocycles. The van der Waals surface area contributed by atoms with E-state index in [4.69, 9.17) is 5.26 Å². The van der Waals surface area contributed by atoms with Crippen molar-refractivity contribution in [3.05, 3.63) is 60.3 Å². The maximum atomic E-state index is 12.0. The number of aryl methyl sites for hydroxylation is 1. The number of carbonyl (C=O) groups is 1. The molecular formula is C21H18N6OS. The molecule has 0 saturated heterocycles. The monoisotopic (exact) mass is 402 g/mol. The number of carbonyl (C=O) groups excluding carboxylic acids is 1. The second-order valence-corrected chi connectivity index (χ2v) is 7.34.